The number of benzene rings is 1. The average molecular weight is 285 g/mol. The van der Waals surface area contributed by atoms with Gasteiger partial charge in [0.15, 0.2) is 0 Å². The molecule has 21 heavy (non-hydrogen) atoms. The van der Waals surface area contributed by atoms with Gasteiger partial charge < -0.3 is 0 Å². The number of hydrogen-bond donors (Lipinski definition) is 0. The normalized spacial score (nSPS) is 19.8. The summed E-state index contributed by atoms with van der Waals surface area (Å²) in [5.41, 5.74) is 2.13. The number of likely N-dealkylation sites (N-methyl/N-ethyl adjacent to an activating group) is 1. The largest absolute Gasteiger partial charge is 0.295 e. The molecule has 0 radical (unpaired) electrons. The van der Waals surface area contributed by atoms with Gasteiger partial charge in [-0.3, -0.25) is 9.69 Å². The van der Waals surface area contributed by atoms with Crippen LogP contribution >= 0.6 is 0 Å². The van der Waals surface area contributed by atoms with E-state index in [9.17, 15) is 4.79 Å². The van der Waals surface area contributed by atoms with Gasteiger partial charge in [0.1, 0.15) is 0 Å². The molecule has 1 aromatic carbocycles. The summed E-state index contributed by atoms with van der Waals surface area (Å²) in [6.07, 6.45) is 3.46. The Morgan fingerprint density at radius 2 is 2.10 bits per heavy atom. The summed E-state index contributed by atoms with van der Waals surface area (Å²) in [6, 6.07) is 10.6. The lowest BCUT2D eigenvalue weighted by molar-refractivity contribution is -0.132. The van der Waals surface area contributed by atoms with Crippen LogP contribution in [0.5, 0.6) is 0 Å². The molecule has 1 saturated carbocycles. The van der Waals surface area contributed by atoms with Crippen LogP contribution in [0.1, 0.15) is 31.7 Å². The summed E-state index contributed by atoms with van der Waals surface area (Å²) in [5, 5.41) is 6.14. The van der Waals surface area contributed by atoms with Gasteiger partial charge in [0.05, 0.1) is 18.8 Å². The molecule has 0 saturated heterocycles. The fourth-order valence-electron chi connectivity index (χ4n) is 2.85. The first-order valence-corrected chi connectivity index (χ1v) is 7.78. The Kier molecular flexibility index (Phi) is 4.06. The Balaban J connectivity index is 1.59. The third kappa shape index (κ3) is 3.32. The van der Waals surface area contributed by atoms with Crippen molar-refractivity contribution in [3.63, 3.8) is 0 Å². The standard InChI is InChI=1S/C17H23N3O/c1-13(14-8-9-14)19(2)12-17(21)20-11-10-16(18-20)15-6-4-3-5-7-15/h3-7,13-14H,8-12H2,1-2H3. The van der Waals surface area contributed by atoms with Crippen LogP contribution < -0.4 is 0 Å². The van der Waals surface area contributed by atoms with Crippen LogP contribution in [0.4, 0.5) is 0 Å². The van der Waals surface area contributed by atoms with E-state index >= 15 is 0 Å². The third-order valence-electron chi connectivity index (χ3n) is 4.58. The number of hydrazone groups is 1. The molecule has 1 aromatic rings. The highest BCUT2D eigenvalue weighted by Crippen LogP contribution is 2.34. The van der Waals surface area contributed by atoms with Crippen LogP contribution in [0.15, 0.2) is 35.4 Å². The van der Waals surface area contributed by atoms with Gasteiger partial charge in [0.2, 0.25) is 0 Å². The minimum Gasteiger partial charge on any atom is -0.295 e. The molecule has 0 N–H and O–H groups in total. The van der Waals surface area contributed by atoms with Gasteiger partial charge in [0.25, 0.3) is 5.91 Å². The van der Waals surface area contributed by atoms with E-state index in [2.05, 4.69) is 16.9 Å². The van der Waals surface area contributed by atoms with Crippen molar-refractivity contribution in [1.82, 2.24) is 9.91 Å². The molecule has 0 aromatic heterocycles. The lowest BCUT2D eigenvalue weighted by Gasteiger charge is -2.25. The van der Waals surface area contributed by atoms with Crippen LogP contribution in [0.25, 0.3) is 0 Å². The van der Waals surface area contributed by atoms with E-state index in [0.717, 1.165) is 23.6 Å². The van der Waals surface area contributed by atoms with Crippen LogP contribution in [0, 0.1) is 5.92 Å². The Morgan fingerprint density at radius 1 is 1.38 bits per heavy atom. The molecule has 1 aliphatic carbocycles. The number of hydrogen-bond acceptors (Lipinski definition) is 3. The van der Waals surface area contributed by atoms with Gasteiger partial charge in [-0.05, 0) is 38.3 Å². The molecule has 1 amide bonds. The van der Waals surface area contributed by atoms with E-state index in [1.807, 2.05) is 37.4 Å². The van der Waals surface area contributed by atoms with Crippen molar-refractivity contribution in [2.45, 2.75) is 32.2 Å². The molecular formula is C17H23N3O. The predicted octanol–water partition coefficient (Wildman–Crippen LogP) is 2.35. The Labute approximate surface area is 126 Å². The summed E-state index contributed by atoms with van der Waals surface area (Å²) in [4.78, 5) is 14.5. The van der Waals surface area contributed by atoms with E-state index in [4.69, 9.17) is 0 Å². The second-order valence-corrected chi connectivity index (χ2v) is 6.17. The Hall–Kier alpha value is -1.68. The van der Waals surface area contributed by atoms with Gasteiger partial charge in [-0.15, -0.1) is 0 Å². The minimum atomic E-state index is 0.107. The van der Waals surface area contributed by atoms with Crippen molar-refractivity contribution < 1.29 is 4.79 Å². The van der Waals surface area contributed by atoms with Crippen LogP contribution in [-0.4, -0.2) is 47.7 Å². The number of carbonyl (C=O) groups is 1. The molecule has 1 heterocycles. The van der Waals surface area contributed by atoms with Gasteiger partial charge >= 0.3 is 0 Å². The molecule has 1 unspecified atom stereocenters. The molecule has 0 spiro atoms. The Bertz CT molecular complexity index is 536. The fraction of sp³-hybridized carbons (Fsp3) is 0.529. The number of nitrogens with zero attached hydrogens (tertiary/aromatic N) is 3. The summed E-state index contributed by atoms with van der Waals surface area (Å²) in [6.45, 7) is 3.38. The van der Waals surface area contributed by atoms with Gasteiger partial charge in [-0.25, -0.2) is 5.01 Å². The highest BCUT2D eigenvalue weighted by Gasteiger charge is 2.32. The zero-order valence-electron chi connectivity index (χ0n) is 12.8. The first-order chi connectivity index (χ1) is 10.1. The number of carbonyl (C=O) groups excluding carboxylic acids is 1. The Morgan fingerprint density at radius 3 is 2.76 bits per heavy atom. The molecule has 1 fully saturated rings. The van der Waals surface area contributed by atoms with E-state index in [1.165, 1.54) is 12.8 Å². The smallest absolute Gasteiger partial charge is 0.256 e. The SMILES string of the molecule is CC(C1CC1)N(C)CC(=O)N1CCC(c2ccccc2)=N1. The van der Waals surface area contributed by atoms with Crippen LogP contribution in [0.2, 0.25) is 0 Å². The second kappa shape index (κ2) is 5.98. The van der Waals surface area contributed by atoms with Gasteiger partial charge in [-0.2, -0.15) is 5.10 Å². The lowest BCUT2D eigenvalue weighted by atomic mass is 10.1. The summed E-state index contributed by atoms with van der Waals surface area (Å²) >= 11 is 0. The number of amides is 1. The zero-order valence-corrected chi connectivity index (χ0v) is 12.8. The van der Waals surface area contributed by atoms with Crippen molar-refractivity contribution in [3.05, 3.63) is 35.9 Å². The second-order valence-electron chi connectivity index (χ2n) is 6.17. The summed E-state index contributed by atoms with van der Waals surface area (Å²) < 4.78 is 0. The van der Waals surface area contributed by atoms with Gasteiger partial charge in [-0.1, -0.05) is 30.3 Å². The molecule has 2 aliphatic rings. The van der Waals surface area contributed by atoms with Crippen molar-refractivity contribution >= 4 is 11.6 Å². The first kappa shape index (κ1) is 14.3. The molecule has 1 aliphatic heterocycles. The monoisotopic (exact) mass is 285 g/mol. The third-order valence-corrected chi connectivity index (χ3v) is 4.58. The van der Waals surface area contributed by atoms with Crippen molar-refractivity contribution in [2.75, 3.05) is 20.1 Å². The highest BCUT2D eigenvalue weighted by molar-refractivity contribution is 6.02. The van der Waals surface area contributed by atoms with E-state index in [-0.39, 0.29) is 5.91 Å². The molecular weight excluding hydrogens is 262 g/mol. The number of rotatable bonds is 5. The fourth-order valence-corrected chi connectivity index (χ4v) is 2.85. The van der Waals surface area contributed by atoms with Crippen LogP contribution in [0.3, 0.4) is 0 Å². The summed E-state index contributed by atoms with van der Waals surface area (Å²) in [7, 11) is 2.04. The molecule has 0 bridgehead atoms. The lowest BCUT2D eigenvalue weighted by Crippen LogP contribution is -2.40. The maximum Gasteiger partial charge on any atom is 0.256 e. The molecule has 112 valence electrons. The first-order valence-electron chi connectivity index (χ1n) is 7.78. The molecule has 4 heteroatoms. The predicted molar refractivity (Wildman–Crippen MR) is 84.1 cm³/mol. The summed E-state index contributed by atoms with van der Waals surface area (Å²) in [5.74, 6) is 0.890. The molecule has 3 rings (SSSR count). The topological polar surface area (TPSA) is 35.9 Å². The minimum absolute atomic E-state index is 0.107. The molecule has 1 atom stereocenters. The average Bonchev–Trinajstić information content (AvgIpc) is 3.23. The maximum absolute atomic E-state index is 12.4. The van der Waals surface area contributed by atoms with Crippen molar-refractivity contribution in [2.24, 2.45) is 11.0 Å². The zero-order chi connectivity index (χ0) is 14.8. The maximum atomic E-state index is 12.4. The molecule has 4 nitrogen and oxygen atoms in total. The van der Waals surface area contributed by atoms with Crippen LogP contribution in [-0.2, 0) is 4.79 Å². The van der Waals surface area contributed by atoms with E-state index < -0.39 is 0 Å². The quantitative estimate of drug-likeness (QED) is 0.832. The van der Waals surface area contributed by atoms with Crippen molar-refractivity contribution in [1.29, 1.82) is 0 Å². The van der Waals surface area contributed by atoms with E-state index in [0.29, 0.717) is 19.1 Å². The highest BCUT2D eigenvalue weighted by atomic mass is 16.2. The van der Waals surface area contributed by atoms with Gasteiger partial charge in [0, 0.05) is 12.5 Å². The van der Waals surface area contributed by atoms with E-state index in [1.54, 1.807) is 5.01 Å². The van der Waals surface area contributed by atoms with Crippen molar-refractivity contribution in [3.8, 4) is 0 Å².